The fraction of sp³-hybridized carbons (Fsp3) is 0.471. The monoisotopic (exact) mass is 334 g/mol. The van der Waals surface area contributed by atoms with Gasteiger partial charge < -0.3 is 19.4 Å². The zero-order chi connectivity index (χ0) is 15.9. The summed E-state index contributed by atoms with van der Waals surface area (Å²) in [5, 5.41) is 5.07. The predicted octanol–water partition coefficient (Wildman–Crippen LogP) is 3.79. The Bertz CT molecular complexity index is 583. The van der Waals surface area contributed by atoms with Gasteiger partial charge in [0.1, 0.15) is 12.4 Å². The summed E-state index contributed by atoms with van der Waals surface area (Å²) in [4.78, 5) is 15.6. The minimum absolute atomic E-state index is 0.0342. The lowest BCUT2D eigenvalue weighted by Crippen LogP contribution is -2.39. The van der Waals surface area contributed by atoms with Crippen molar-refractivity contribution in [2.24, 2.45) is 0 Å². The van der Waals surface area contributed by atoms with Gasteiger partial charge >= 0.3 is 6.03 Å². The Kier molecular flexibility index (Phi) is 5.71. The average molecular weight is 334 g/mol. The number of carbonyl (C=O) groups is 1. The lowest BCUT2D eigenvalue weighted by atomic mass is 10.2. The SMILES string of the molecule is O=C(NCCCOCc1ccco1)N1CCC[C@H]1c1cccs1. The molecule has 23 heavy (non-hydrogen) atoms. The lowest BCUT2D eigenvalue weighted by Gasteiger charge is -2.24. The number of thiophene rings is 1. The standard InChI is InChI=1S/C17H22N2O3S/c20-17(18-8-4-10-21-13-14-5-2-11-22-14)19-9-1-6-15(19)16-7-3-12-23-16/h2-3,5,7,11-12,15H,1,4,6,8-10,13H2,(H,18,20)/t15-/m0/s1. The van der Waals surface area contributed by atoms with Crippen LogP contribution in [0.2, 0.25) is 0 Å². The van der Waals surface area contributed by atoms with Gasteiger partial charge in [-0.1, -0.05) is 6.07 Å². The maximum absolute atomic E-state index is 12.3. The summed E-state index contributed by atoms with van der Waals surface area (Å²) in [6.07, 6.45) is 4.56. The molecular weight excluding hydrogens is 312 g/mol. The Hall–Kier alpha value is -1.79. The zero-order valence-electron chi connectivity index (χ0n) is 13.1. The van der Waals surface area contributed by atoms with Crippen LogP contribution in [0, 0.1) is 0 Å². The van der Waals surface area contributed by atoms with Crippen LogP contribution in [0.4, 0.5) is 4.79 Å². The molecule has 3 rings (SSSR count). The van der Waals surface area contributed by atoms with Crippen LogP contribution >= 0.6 is 11.3 Å². The molecular formula is C17H22N2O3S. The molecule has 1 aliphatic heterocycles. The fourth-order valence-electron chi connectivity index (χ4n) is 2.83. The molecule has 1 fully saturated rings. The number of nitrogens with zero attached hydrogens (tertiary/aromatic N) is 1. The summed E-state index contributed by atoms with van der Waals surface area (Å²) < 4.78 is 10.7. The van der Waals surface area contributed by atoms with E-state index in [1.807, 2.05) is 23.1 Å². The first-order valence-corrected chi connectivity index (χ1v) is 8.90. The molecule has 0 saturated carbocycles. The Morgan fingerprint density at radius 2 is 2.39 bits per heavy atom. The molecule has 1 aliphatic rings. The number of hydrogen-bond acceptors (Lipinski definition) is 4. The van der Waals surface area contributed by atoms with Crippen LogP contribution in [0.1, 0.15) is 35.9 Å². The summed E-state index contributed by atoms with van der Waals surface area (Å²) in [6, 6.07) is 8.17. The van der Waals surface area contributed by atoms with Crippen LogP contribution in [0.25, 0.3) is 0 Å². The molecule has 1 saturated heterocycles. The lowest BCUT2D eigenvalue weighted by molar-refractivity contribution is 0.104. The van der Waals surface area contributed by atoms with Crippen LogP contribution in [-0.2, 0) is 11.3 Å². The third-order valence-corrected chi connectivity index (χ3v) is 4.92. The summed E-state index contributed by atoms with van der Waals surface area (Å²) in [5.41, 5.74) is 0. The topological polar surface area (TPSA) is 54.7 Å². The molecule has 0 radical (unpaired) electrons. The van der Waals surface area contributed by atoms with Gasteiger partial charge in [-0.15, -0.1) is 11.3 Å². The summed E-state index contributed by atoms with van der Waals surface area (Å²) in [5.74, 6) is 0.824. The highest BCUT2D eigenvalue weighted by Gasteiger charge is 2.30. The van der Waals surface area contributed by atoms with Crippen molar-refractivity contribution in [3.63, 3.8) is 0 Å². The molecule has 5 nitrogen and oxygen atoms in total. The van der Waals surface area contributed by atoms with Crippen LogP contribution in [-0.4, -0.2) is 30.6 Å². The second-order valence-corrected chi connectivity index (χ2v) is 6.56. The van der Waals surface area contributed by atoms with Gasteiger partial charge in [0, 0.05) is 24.6 Å². The molecule has 124 valence electrons. The van der Waals surface area contributed by atoms with Gasteiger partial charge in [0.25, 0.3) is 0 Å². The van der Waals surface area contributed by atoms with E-state index in [-0.39, 0.29) is 12.1 Å². The van der Waals surface area contributed by atoms with E-state index in [9.17, 15) is 4.79 Å². The van der Waals surface area contributed by atoms with Gasteiger partial charge in [-0.05, 0) is 42.8 Å². The average Bonchev–Trinajstić information content (AvgIpc) is 3.32. The summed E-state index contributed by atoms with van der Waals surface area (Å²) in [7, 11) is 0. The Labute approximate surface area is 140 Å². The van der Waals surface area contributed by atoms with Gasteiger partial charge in [0.15, 0.2) is 0 Å². The number of hydrogen-bond donors (Lipinski definition) is 1. The maximum Gasteiger partial charge on any atom is 0.317 e. The Balaban J connectivity index is 1.34. The van der Waals surface area contributed by atoms with Gasteiger partial charge in [-0.25, -0.2) is 4.79 Å². The van der Waals surface area contributed by atoms with E-state index in [0.717, 1.165) is 31.6 Å². The third kappa shape index (κ3) is 4.36. The van der Waals surface area contributed by atoms with Crippen molar-refractivity contribution < 1.29 is 13.9 Å². The molecule has 1 N–H and O–H groups in total. The van der Waals surface area contributed by atoms with E-state index in [2.05, 4.69) is 16.8 Å². The van der Waals surface area contributed by atoms with Gasteiger partial charge in [0.05, 0.1) is 12.3 Å². The van der Waals surface area contributed by atoms with Crippen molar-refractivity contribution in [3.8, 4) is 0 Å². The van der Waals surface area contributed by atoms with E-state index in [4.69, 9.17) is 9.15 Å². The van der Waals surface area contributed by atoms with Gasteiger partial charge in [-0.3, -0.25) is 0 Å². The molecule has 1 atom stereocenters. The maximum atomic E-state index is 12.3. The molecule has 6 heteroatoms. The van der Waals surface area contributed by atoms with Crippen molar-refractivity contribution in [3.05, 3.63) is 46.5 Å². The predicted molar refractivity (Wildman–Crippen MR) is 89.4 cm³/mol. The second kappa shape index (κ2) is 8.17. The smallest absolute Gasteiger partial charge is 0.317 e. The number of carbonyl (C=O) groups excluding carboxylic acids is 1. The molecule has 3 heterocycles. The first-order chi connectivity index (χ1) is 11.3. The van der Waals surface area contributed by atoms with Crippen molar-refractivity contribution in [1.29, 1.82) is 0 Å². The minimum Gasteiger partial charge on any atom is -0.467 e. The molecule has 2 aromatic rings. The highest BCUT2D eigenvalue weighted by Crippen LogP contribution is 2.34. The molecule has 0 bridgehead atoms. The van der Waals surface area contributed by atoms with Crippen molar-refractivity contribution in [2.75, 3.05) is 19.7 Å². The first-order valence-electron chi connectivity index (χ1n) is 8.02. The minimum atomic E-state index is 0.0342. The van der Waals surface area contributed by atoms with Crippen LogP contribution < -0.4 is 5.32 Å². The van der Waals surface area contributed by atoms with E-state index in [1.54, 1.807) is 17.6 Å². The first kappa shape index (κ1) is 16.1. The molecule has 0 unspecified atom stereocenters. The van der Waals surface area contributed by atoms with Crippen LogP contribution in [0.3, 0.4) is 0 Å². The van der Waals surface area contributed by atoms with Crippen LogP contribution in [0.15, 0.2) is 40.3 Å². The molecule has 0 spiro atoms. The summed E-state index contributed by atoms with van der Waals surface area (Å²) in [6.45, 7) is 2.55. The molecule has 2 amide bonds. The molecule has 0 aromatic carbocycles. The van der Waals surface area contributed by atoms with Gasteiger partial charge in [-0.2, -0.15) is 0 Å². The van der Waals surface area contributed by atoms with Crippen LogP contribution in [0.5, 0.6) is 0 Å². The quantitative estimate of drug-likeness (QED) is 0.784. The molecule has 2 aromatic heterocycles. The van der Waals surface area contributed by atoms with E-state index >= 15 is 0 Å². The zero-order valence-corrected chi connectivity index (χ0v) is 13.9. The number of urea groups is 1. The third-order valence-electron chi connectivity index (χ3n) is 3.95. The van der Waals surface area contributed by atoms with E-state index in [1.165, 1.54) is 4.88 Å². The number of ether oxygens (including phenoxy) is 1. The number of amides is 2. The van der Waals surface area contributed by atoms with Gasteiger partial charge in [0.2, 0.25) is 0 Å². The van der Waals surface area contributed by atoms with E-state index < -0.39 is 0 Å². The number of likely N-dealkylation sites (tertiary alicyclic amines) is 1. The molecule has 0 aliphatic carbocycles. The normalized spacial score (nSPS) is 17.6. The Morgan fingerprint density at radius 3 is 3.17 bits per heavy atom. The number of rotatable bonds is 7. The van der Waals surface area contributed by atoms with Crippen molar-refractivity contribution in [2.45, 2.75) is 31.9 Å². The summed E-state index contributed by atoms with van der Waals surface area (Å²) >= 11 is 1.72. The largest absolute Gasteiger partial charge is 0.467 e. The fourth-order valence-corrected chi connectivity index (χ4v) is 3.70. The van der Waals surface area contributed by atoms with E-state index in [0.29, 0.717) is 19.8 Å². The Morgan fingerprint density at radius 1 is 1.43 bits per heavy atom. The van der Waals surface area contributed by atoms with Crippen molar-refractivity contribution in [1.82, 2.24) is 10.2 Å². The highest BCUT2D eigenvalue weighted by atomic mass is 32.1. The number of nitrogens with one attached hydrogen (secondary N) is 1. The number of furan rings is 1. The second-order valence-electron chi connectivity index (χ2n) is 5.58. The highest BCUT2D eigenvalue weighted by molar-refractivity contribution is 7.10. The van der Waals surface area contributed by atoms with Crippen molar-refractivity contribution >= 4 is 17.4 Å².